The largest absolute Gasteiger partial charge is 0.354 e. The van der Waals surface area contributed by atoms with E-state index in [1.807, 2.05) is 4.90 Å². The number of alkyl halides is 1. The molecule has 0 saturated carbocycles. The molecule has 2 nitrogen and oxygen atoms in total. The molecule has 2 rings (SSSR count). The monoisotopic (exact) mass is 212 g/mol. The molecule has 0 spiro atoms. The van der Waals surface area contributed by atoms with Crippen LogP contribution >= 0.6 is 11.9 Å². The number of hydrogen-bond donors (Lipinski definition) is 1. The summed E-state index contributed by atoms with van der Waals surface area (Å²) in [6.07, 6.45) is 0. The topological polar surface area (TPSA) is 15.3 Å². The molecule has 4 heteroatoms. The molecule has 0 aromatic heterocycles. The molecule has 14 heavy (non-hydrogen) atoms. The van der Waals surface area contributed by atoms with E-state index < -0.39 is 0 Å². The highest BCUT2D eigenvalue weighted by molar-refractivity contribution is 7.97. The number of halogens is 1. The fourth-order valence-corrected chi connectivity index (χ4v) is 2.46. The highest BCUT2D eigenvalue weighted by atomic mass is 32.2. The lowest BCUT2D eigenvalue weighted by Crippen LogP contribution is -2.36. The standard InChI is InChI=1S/C10H13FN2S/c1-8-2-3-9-10(6-8)14-12-7-13(9)5-4-11/h2-3,6,12H,4-5,7H2,1H3. The second kappa shape index (κ2) is 4.19. The summed E-state index contributed by atoms with van der Waals surface area (Å²) >= 11 is 1.62. The Morgan fingerprint density at radius 2 is 2.43 bits per heavy atom. The molecule has 0 saturated heterocycles. The van der Waals surface area contributed by atoms with Gasteiger partial charge < -0.3 is 4.90 Å². The molecule has 0 radical (unpaired) electrons. The first-order chi connectivity index (χ1) is 6.81. The molecular weight excluding hydrogens is 199 g/mol. The van der Waals surface area contributed by atoms with Crippen molar-refractivity contribution < 1.29 is 4.39 Å². The Morgan fingerprint density at radius 3 is 3.21 bits per heavy atom. The molecule has 0 amide bonds. The van der Waals surface area contributed by atoms with Crippen molar-refractivity contribution in [1.29, 1.82) is 0 Å². The van der Waals surface area contributed by atoms with E-state index in [1.165, 1.54) is 10.5 Å². The maximum Gasteiger partial charge on any atom is 0.107 e. The summed E-state index contributed by atoms with van der Waals surface area (Å²) in [4.78, 5) is 3.20. The fraction of sp³-hybridized carbons (Fsp3) is 0.400. The van der Waals surface area contributed by atoms with Crippen molar-refractivity contribution in [3.05, 3.63) is 23.8 Å². The predicted octanol–water partition coefficient (Wildman–Crippen LogP) is 2.34. The molecule has 1 aromatic carbocycles. The van der Waals surface area contributed by atoms with Gasteiger partial charge in [-0.25, -0.2) is 9.11 Å². The van der Waals surface area contributed by atoms with Crippen LogP contribution in [0.25, 0.3) is 0 Å². The minimum absolute atomic E-state index is 0.306. The quantitative estimate of drug-likeness (QED) is 0.757. The summed E-state index contributed by atoms with van der Waals surface area (Å²) in [6.45, 7) is 2.93. The van der Waals surface area contributed by atoms with E-state index in [0.717, 1.165) is 5.69 Å². The Labute approximate surface area is 87.6 Å². The van der Waals surface area contributed by atoms with Crippen molar-refractivity contribution >= 4 is 17.6 Å². The summed E-state index contributed by atoms with van der Waals surface area (Å²) in [7, 11) is 0. The van der Waals surface area contributed by atoms with Crippen LogP contribution in [0.2, 0.25) is 0 Å². The van der Waals surface area contributed by atoms with E-state index in [1.54, 1.807) is 11.9 Å². The Hall–Kier alpha value is -0.740. The van der Waals surface area contributed by atoms with Crippen LogP contribution in [0.15, 0.2) is 23.1 Å². The summed E-state index contributed by atoms with van der Waals surface area (Å²) in [5.41, 5.74) is 2.37. The van der Waals surface area contributed by atoms with E-state index >= 15 is 0 Å². The predicted molar refractivity (Wildman–Crippen MR) is 58.4 cm³/mol. The molecule has 1 aliphatic heterocycles. The van der Waals surface area contributed by atoms with Gasteiger partial charge in [-0.2, -0.15) is 0 Å². The molecule has 0 bridgehead atoms. The highest BCUT2D eigenvalue weighted by Crippen LogP contribution is 2.32. The van der Waals surface area contributed by atoms with Crippen LogP contribution in [0.3, 0.4) is 0 Å². The lowest BCUT2D eigenvalue weighted by Gasteiger charge is -2.30. The number of aryl methyl sites for hydroxylation is 1. The van der Waals surface area contributed by atoms with E-state index in [4.69, 9.17) is 0 Å². The van der Waals surface area contributed by atoms with Crippen LogP contribution in [0.5, 0.6) is 0 Å². The maximum atomic E-state index is 12.3. The molecule has 76 valence electrons. The van der Waals surface area contributed by atoms with E-state index in [0.29, 0.717) is 13.2 Å². The molecule has 1 aromatic rings. The fourth-order valence-electron chi connectivity index (χ4n) is 1.54. The van der Waals surface area contributed by atoms with Crippen molar-refractivity contribution in [2.75, 3.05) is 24.8 Å². The molecule has 1 N–H and O–H groups in total. The smallest absolute Gasteiger partial charge is 0.107 e. The molecule has 0 atom stereocenters. The van der Waals surface area contributed by atoms with Gasteiger partial charge in [-0.15, -0.1) is 0 Å². The van der Waals surface area contributed by atoms with Crippen LogP contribution in [-0.4, -0.2) is 19.9 Å². The number of anilines is 1. The number of fused-ring (bicyclic) bond motifs is 1. The molecular formula is C10H13FN2S. The first-order valence-corrected chi connectivity index (χ1v) is 5.44. The van der Waals surface area contributed by atoms with Crippen LogP contribution < -0.4 is 9.62 Å². The minimum atomic E-state index is -0.306. The minimum Gasteiger partial charge on any atom is -0.354 e. The zero-order chi connectivity index (χ0) is 9.97. The second-order valence-electron chi connectivity index (χ2n) is 3.33. The van der Waals surface area contributed by atoms with Crippen LogP contribution in [0.4, 0.5) is 10.1 Å². The first kappa shape index (κ1) is 9.80. The molecule has 1 heterocycles. The van der Waals surface area contributed by atoms with Gasteiger partial charge in [-0.3, -0.25) is 0 Å². The number of rotatable bonds is 2. The maximum absolute atomic E-state index is 12.3. The third-order valence-corrected chi connectivity index (χ3v) is 3.07. The van der Waals surface area contributed by atoms with Gasteiger partial charge in [0, 0.05) is 11.4 Å². The van der Waals surface area contributed by atoms with Gasteiger partial charge >= 0.3 is 0 Å². The van der Waals surface area contributed by atoms with E-state index in [9.17, 15) is 4.39 Å². The Kier molecular flexibility index (Phi) is 2.93. The zero-order valence-electron chi connectivity index (χ0n) is 8.09. The summed E-state index contributed by atoms with van der Waals surface area (Å²) in [6, 6.07) is 6.25. The normalized spacial score (nSPS) is 15.4. The van der Waals surface area contributed by atoms with E-state index in [2.05, 4.69) is 29.8 Å². The first-order valence-electron chi connectivity index (χ1n) is 4.62. The Morgan fingerprint density at radius 1 is 1.57 bits per heavy atom. The average Bonchev–Trinajstić information content (AvgIpc) is 2.18. The van der Waals surface area contributed by atoms with Crippen LogP contribution in [0.1, 0.15) is 5.56 Å². The van der Waals surface area contributed by atoms with Crippen LogP contribution in [0, 0.1) is 6.92 Å². The summed E-state index contributed by atoms with van der Waals surface area (Å²) in [5, 5.41) is 0. The van der Waals surface area contributed by atoms with Crippen molar-refractivity contribution in [2.45, 2.75) is 11.8 Å². The SMILES string of the molecule is Cc1ccc2c(c1)SNCN2CCF. The van der Waals surface area contributed by atoms with E-state index in [-0.39, 0.29) is 6.67 Å². The number of nitrogens with zero attached hydrogens (tertiary/aromatic N) is 1. The third-order valence-electron chi connectivity index (χ3n) is 2.25. The van der Waals surface area contributed by atoms with Gasteiger partial charge in [0.1, 0.15) is 6.67 Å². The van der Waals surface area contributed by atoms with Gasteiger partial charge in [0.25, 0.3) is 0 Å². The van der Waals surface area contributed by atoms with Crippen molar-refractivity contribution in [3.63, 3.8) is 0 Å². The third kappa shape index (κ3) is 1.86. The molecule has 1 aliphatic rings. The number of hydrogen-bond acceptors (Lipinski definition) is 3. The average molecular weight is 212 g/mol. The van der Waals surface area contributed by atoms with Crippen molar-refractivity contribution in [2.24, 2.45) is 0 Å². The molecule has 0 fully saturated rings. The lowest BCUT2D eigenvalue weighted by molar-refractivity contribution is 0.488. The number of nitrogens with one attached hydrogen (secondary N) is 1. The summed E-state index contributed by atoms with van der Waals surface area (Å²) in [5.74, 6) is 0. The number of benzene rings is 1. The van der Waals surface area contributed by atoms with Gasteiger partial charge in [0.15, 0.2) is 0 Å². The molecule has 0 unspecified atom stereocenters. The van der Waals surface area contributed by atoms with Gasteiger partial charge in [-0.05, 0) is 36.6 Å². The molecule has 0 aliphatic carbocycles. The Bertz CT molecular complexity index is 330. The summed E-state index contributed by atoms with van der Waals surface area (Å²) < 4.78 is 15.5. The lowest BCUT2D eigenvalue weighted by atomic mass is 10.2. The second-order valence-corrected chi connectivity index (χ2v) is 4.26. The highest BCUT2D eigenvalue weighted by Gasteiger charge is 2.16. The van der Waals surface area contributed by atoms with Gasteiger partial charge in [0.05, 0.1) is 12.4 Å². The Balaban J connectivity index is 2.30. The van der Waals surface area contributed by atoms with Gasteiger partial charge in [-0.1, -0.05) is 6.07 Å². The van der Waals surface area contributed by atoms with Crippen LogP contribution in [-0.2, 0) is 0 Å². The van der Waals surface area contributed by atoms with Crippen molar-refractivity contribution in [1.82, 2.24) is 4.72 Å². The van der Waals surface area contributed by atoms with Crippen molar-refractivity contribution in [3.8, 4) is 0 Å². The van der Waals surface area contributed by atoms with Gasteiger partial charge in [0.2, 0.25) is 0 Å². The zero-order valence-corrected chi connectivity index (χ0v) is 8.90.